The highest BCUT2D eigenvalue weighted by Gasteiger charge is 2.68. The Hall–Kier alpha value is -3.87. The predicted molar refractivity (Wildman–Crippen MR) is 109 cm³/mol. The number of halogens is 4. The SMILES string of the molecule is O=C(N[C@]1(C(F)(F)F)C(=O)Nc2c1c(=O)[nH]c(=S)n2Cc1ccncc1)c1ccc(F)cc1. The fraction of sp³-hybridized carbons (Fsp3) is 0.150. The summed E-state index contributed by atoms with van der Waals surface area (Å²) in [5, 5.41) is 3.71. The summed E-state index contributed by atoms with van der Waals surface area (Å²) in [4.78, 5) is 44.0. The van der Waals surface area contributed by atoms with Crippen molar-refractivity contribution in [3.05, 3.63) is 86.4 Å². The van der Waals surface area contributed by atoms with Crippen molar-refractivity contribution >= 4 is 29.9 Å². The highest BCUT2D eigenvalue weighted by atomic mass is 32.1. The molecule has 0 unspecified atom stereocenters. The lowest BCUT2D eigenvalue weighted by molar-refractivity contribution is -0.196. The van der Waals surface area contributed by atoms with Crippen LogP contribution in [-0.4, -0.2) is 32.5 Å². The van der Waals surface area contributed by atoms with Crippen molar-refractivity contribution in [2.45, 2.75) is 18.3 Å². The van der Waals surface area contributed by atoms with Gasteiger partial charge in [0.05, 0.1) is 6.54 Å². The molecule has 33 heavy (non-hydrogen) atoms. The van der Waals surface area contributed by atoms with Crippen molar-refractivity contribution in [3.63, 3.8) is 0 Å². The van der Waals surface area contributed by atoms with Crippen molar-refractivity contribution in [3.8, 4) is 0 Å². The molecule has 0 radical (unpaired) electrons. The first-order valence-corrected chi connectivity index (χ1v) is 9.68. The van der Waals surface area contributed by atoms with E-state index in [0.29, 0.717) is 5.56 Å². The molecule has 170 valence electrons. The lowest BCUT2D eigenvalue weighted by Crippen LogP contribution is -2.61. The van der Waals surface area contributed by atoms with Gasteiger partial charge in [0, 0.05) is 18.0 Å². The van der Waals surface area contributed by atoms with Crippen LogP contribution in [-0.2, 0) is 16.9 Å². The van der Waals surface area contributed by atoms with E-state index in [9.17, 15) is 31.9 Å². The Bertz CT molecular complexity index is 1370. The van der Waals surface area contributed by atoms with Crippen LogP contribution in [0.4, 0.5) is 23.4 Å². The minimum absolute atomic E-state index is 0.0966. The van der Waals surface area contributed by atoms with Crippen LogP contribution in [0.1, 0.15) is 21.5 Å². The van der Waals surface area contributed by atoms with Gasteiger partial charge >= 0.3 is 6.18 Å². The number of H-pyrrole nitrogens is 1. The van der Waals surface area contributed by atoms with Gasteiger partial charge in [-0.2, -0.15) is 13.2 Å². The molecule has 2 amide bonds. The summed E-state index contributed by atoms with van der Waals surface area (Å²) in [6, 6.07) is 6.78. The average molecular weight is 479 g/mol. The fourth-order valence-electron chi connectivity index (χ4n) is 3.49. The maximum absolute atomic E-state index is 14.4. The Kier molecular flexibility index (Phi) is 5.36. The molecule has 3 heterocycles. The monoisotopic (exact) mass is 479 g/mol. The summed E-state index contributed by atoms with van der Waals surface area (Å²) in [7, 11) is 0. The number of nitrogens with zero attached hydrogens (tertiary/aromatic N) is 2. The minimum atomic E-state index is -5.41. The number of aromatic amines is 1. The number of fused-ring (bicyclic) bond motifs is 1. The molecule has 1 atom stereocenters. The zero-order valence-electron chi connectivity index (χ0n) is 16.4. The molecule has 0 saturated carbocycles. The Labute approximate surface area is 187 Å². The van der Waals surface area contributed by atoms with Crippen LogP contribution in [0, 0.1) is 10.6 Å². The van der Waals surface area contributed by atoms with E-state index in [0.717, 1.165) is 28.8 Å². The molecule has 0 spiro atoms. The zero-order valence-corrected chi connectivity index (χ0v) is 17.2. The van der Waals surface area contributed by atoms with Gasteiger partial charge in [-0.15, -0.1) is 0 Å². The van der Waals surface area contributed by atoms with E-state index in [-0.39, 0.29) is 16.9 Å². The Morgan fingerprint density at radius 2 is 1.76 bits per heavy atom. The first-order valence-electron chi connectivity index (χ1n) is 9.27. The number of carbonyl (C=O) groups is 2. The third kappa shape index (κ3) is 3.69. The van der Waals surface area contributed by atoms with Crippen LogP contribution in [0.2, 0.25) is 0 Å². The van der Waals surface area contributed by atoms with Gasteiger partial charge in [-0.25, -0.2) is 4.39 Å². The van der Waals surface area contributed by atoms with Crippen molar-refractivity contribution in [1.29, 1.82) is 0 Å². The van der Waals surface area contributed by atoms with E-state index in [2.05, 4.69) is 15.3 Å². The molecule has 8 nitrogen and oxygen atoms in total. The number of benzene rings is 1. The number of amides is 2. The molecule has 3 aromatic rings. The Balaban J connectivity index is 1.89. The number of hydrogen-bond donors (Lipinski definition) is 3. The summed E-state index contributed by atoms with van der Waals surface area (Å²) in [6.07, 6.45) is -2.51. The Morgan fingerprint density at radius 3 is 2.36 bits per heavy atom. The van der Waals surface area contributed by atoms with Crippen LogP contribution in [0.3, 0.4) is 0 Å². The smallest absolute Gasteiger partial charge is 0.326 e. The molecule has 4 rings (SSSR count). The summed E-state index contributed by atoms with van der Waals surface area (Å²) < 4.78 is 57.2. The average Bonchev–Trinajstić information content (AvgIpc) is 3.05. The molecular weight excluding hydrogens is 466 g/mol. The molecule has 0 fully saturated rings. The maximum atomic E-state index is 14.4. The lowest BCUT2D eigenvalue weighted by Gasteiger charge is -2.30. The quantitative estimate of drug-likeness (QED) is 0.394. The van der Waals surface area contributed by atoms with Gasteiger partial charge in [-0.05, 0) is 54.2 Å². The third-order valence-electron chi connectivity index (χ3n) is 5.07. The number of alkyl halides is 3. The van der Waals surface area contributed by atoms with Crippen molar-refractivity contribution in [1.82, 2.24) is 19.9 Å². The highest BCUT2D eigenvalue weighted by Crippen LogP contribution is 2.45. The van der Waals surface area contributed by atoms with Crippen molar-refractivity contribution in [2.75, 3.05) is 5.32 Å². The molecular formula is C20H13F4N5O3S. The van der Waals surface area contributed by atoms with E-state index >= 15 is 0 Å². The second-order valence-electron chi connectivity index (χ2n) is 7.09. The third-order valence-corrected chi connectivity index (χ3v) is 5.39. The van der Waals surface area contributed by atoms with Gasteiger partial charge in [0.2, 0.25) is 0 Å². The normalized spacial score (nSPS) is 17.4. The molecule has 3 N–H and O–H groups in total. The molecule has 0 aliphatic carbocycles. The van der Waals surface area contributed by atoms with Crippen LogP contribution in [0.15, 0.2) is 53.6 Å². The topological polar surface area (TPSA) is 109 Å². The largest absolute Gasteiger partial charge is 0.425 e. The van der Waals surface area contributed by atoms with Crippen molar-refractivity contribution in [2.24, 2.45) is 0 Å². The first kappa shape index (κ1) is 22.3. The van der Waals surface area contributed by atoms with Gasteiger partial charge in [0.15, 0.2) is 4.77 Å². The lowest BCUT2D eigenvalue weighted by atomic mass is 9.91. The number of nitrogens with one attached hydrogen (secondary N) is 3. The minimum Gasteiger partial charge on any atom is -0.326 e. The van der Waals surface area contributed by atoms with Gasteiger partial charge in [-0.1, -0.05) is 0 Å². The maximum Gasteiger partial charge on any atom is 0.425 e. The van der Waals surface area contributed by atoms with Crippen LogP contribution in [0.5, 0.6) is 0 Å². The standard InChI is InChI=1S/C20H13F4N5O3S/c21-12-3-1-11(2-4-12)15(30)28-19(20(22,23)24)13-14(26-17(19)32)29(18(33)27-16(13)31)9-10-5-7-25-8-6-10/h1-8H,9H2,(H,26,32)(H,28,30)(H,27,31,33)/t19-/m0/s1. The van der Waals surface area contributed by atoms with Gasteiger partial charge in [0.1, 0.15) is 17.2 Å². The van der Waals surface area contributed by atoms with E-state index in [1.807, 2.05) is 0 Å². The fourth-order valence-corrected chi connectivity index (χ4v) is 3.74. The van der Waals surface area contributed by atoms with Gasteiger partial charge in [-0.3, -0.25) is 28.9 Å². The zero-order chi connectivity index (χ0) is 24.0. The second-order valence-corrected chi connectivity index (χ2v) is 7.47. The molecule has 1 aliphatic rings. The summed E-state index contributed by atoms with van der Waals surface area (Å²) in [5.41, 5.74) is -5.83. The summed E-state index contributed by atoms with van der Waals surface area (Å²) in [5.74, 6) is -4.23. The van der Waals surface area contributed by atoms with Crippen LogP contribution in [0.25, 0.3) is 0 Å². The van der Waals surface area contributed by atoms with E-state index in [1.165, 1.54) is 12.4 Å². The molecule has 0 saturated heterocycles. The number of pyridine rings is 1. The van der Waals surface area contributed by atoms with Gasteiger partial charge < -0.3 is 10.6 Å². The van der Waals surface area contributed by atoms with Gasteiger partial charge in [0.25, 0.3) is 22.9 Å². The van der Waals surface area contributed by atoms with Crippen LogP contribution < -0.4 is 16.2 Å². The molecule has 13 heteroatoms. The van der Waals surface area contributed by atoms with Crippen molar-refractivity contribution < 1.29 is 27.2 Å². The molecule has 2 aromatic heterocycles. The molecule has 1 aliphatic heterocycles. The molecule has 1 aromatic carbocycles. The van der Waals surface area contributed by atoms with Crippen LogP contribution >= 0.6 is 12.2 Å². The summed E-state index contributed by atoms with van der Waals surface area (Å²) in [6.45, 7) is -0.0966. The predicted octanol–water partition coefficient (Wildman–Crippen LogP) is 2.63. The number of rotatable bonds is 4. The number of anilines is 1. The molecule has 0 bridgehead atoms. The second kappa shape index (κ2) is 7.92. The van der Waals surface area contributed by atoms with E-state index in [1.54, 1.807) is 17.4 Å². The van der Waals surface area contributed by atoms with E-state index < -0.39 is 46.3 Å². The first-order chi connectivity index (χ1) is 15.5. The number of carbonyl (C=O) groups excluding carboxylic acids is 2. The number of hydrogen-bond acceptors (Lipinski definition) is 5. The highest BCUT2D eigenvalue weighted by molar-refractivity contribution is 7.71. The number of aromatic nitrogens is 3. The Morgan fingerprint density at radius 1 is 1.12 bits per heavy atom. The summed E-state index contributed by atoms with van der Waals surface area (Å²) >= 11 is 5.10. The van der Waals surface area contributed by atoms with E-state index in [4.69, 9.17) is 12.2 Å².